The highest BCUT2D eigenvalue weighted by Crippen LogP contribution is 2.70. The Morgan fingerprint density at radius 2 is 1.83 bits per heavy atom. The Kier molecular flexibility index (Phi) is 4.75. The second-order valence-corrected chi connectivity index (χ2v) is 12.4. The highest BCUT2D eigenvalue weighted by molar-refractivity contribution is 7.86. The van der Waals surface area contributed by atoms with Crippen LogP contribution in [0.1, 0.15) is 72.6 Å². The molecule has 0 heterocycles. The van der Waals surface area contributed by atoms with Gasteiger partial charge in [0.1, 0.15) is 5.78 Å². The van der Waals surface area contributed by atoms with E-state index in [0.717, 1.165) is 38.4 Å². The molecule has 4 rings (SSSR count). The first-order valence-electron chi connectivity index (χ1n) is 10.9. The molecule has 0 saturated heterocycles. The molecule has 0 N–H and O–H groups in total. The van der Waals surface area contributed by atoms with Crippen LogP contribution in [0.2, 0.25) is 0 Å². The van der Waals surface area contributed by atoms with Crippen molar-refractivity contribution in [3.63, 3.8) is 0 Å². The summed E-state index contributed by atoms with van der Waals surface area (Å²) in [6.07, 6.45) is 8.05. The molecule has 4 aliphatic carbocycles. The van der Waals surface area contributed by atoms with Crippen LogP contribution >= 0.6 is 0 Å². The van der Waals surface area contributed by atoms with Crippen LogP contribution in [-0.4, -0.2) is 32.3 Å². The first-order valence-corrected chi connectivity index (χ1v) is 12.8. The summed E-state index contributed by atoms with van der Waals surface area (Å²) in [4.78, 5) is 24.8. The van der Waals surface area contributed by atoms with E-state index >= 15 is 0 Å². The third-order valence-corrected chi connectivity index (χ3v) is 10.2. The number of hydrogen-bond donors (Lipinski definition) is 0. The summed E-state index contributed by atoms with van der Waals surface area (Å²) in [7, 11) is -3.63. The van der Waals surface area contributed by atoms with Crippen molar-refractivity contribution >= 4 is 21.7 Å². The Labute approximate surface area is 174 Å². The lowest BCUT2D eigenvalue weighted by Gasteiger charge is -2.61. The third kappa shape index (κ3) is 3.00. The number of fused-ring (bicyclic) bond motifs is 5. The smallest absolute Gasteiger partial charge is 0.264 e. The Morgan fingerprint density at radius 1 is 1.14 bits per heavy atom. The number of Topliss-reactive ketones (excluding diaryl/α,β-unsaturated/α-hetero) is 1. The SMILES string of the molecule is CC(=O)[C@@]1(C)CC[C@H]2[C@@H]3CCC4=CC(=O)CC[C@]4(C)[C@H]3C(OS(C)(=O)=O)C[C@@]21C. The average Bonchev–Trinajstić information content (AvgIpc) is 2.86. The molecule has 7 atom stereocenters. The van der Waals surface area contributed by atoms with E-state index < -0.39 is 21.6 Å². The van der Waals surface area contributed by atoms with Crippen LogP contribution in [0.15, 0.2) is 11.6 Å². The van der Waals surface area contributed by atoms with Crippen LogP contribution in [0, 0.1) is 34.0 Å². The van der Waals surface area contributed by atoms with Gasteiger partial charge in [-0.3, -0.25) is 13.8 Å². The Hall–Kier alpha value is -1.01. The molecule has 0 aromatic rings. The molecule has 0 radical (unpaired) electrons. The molecule has 29 heavy (non-hydrogen) atoms. The van der Waals surface area contributed by atoms with Gasteiger partial charge in [-0.25, -0.2) is 0 Å². The van der Waals surface area contributed by atoms with Crippen molar-refractivity contribution in [2.24, 2.45) is 34.0 Å². The maximum absolute atomic E-state index is 12.7. The summed E-state index contributed by atoms with van der Waals surface area (Å²) in [5, 5.41) is 0. The van der Waals surface area contributed by atoms with Crippen molar-refractivity contribution in [3.8, 4) is 0 Å². The van der Waals surface area contributed by atoms with Crippen molar-refractivity contribution in [3.05, 3.63) is 11.6 Å². The molecule has 0 aromatic carbocycles. The van der Waals surface area contributed by atoms with Gasteiger partial charge >= 0.3 is 0 Å². The standard InChI is InChI=1S/C23H34O5S/c1-14(24)22(3)11-9-18-17-7-6-15-12-16(25)8-10-21(15,2)20(17)19(13-23(18,22)4)28-29(5,26)27/h12,17-20H,6-11,13H2,1-5H3/t17-,18-,19?,20+,21-,22+,23-/m0/s1. The molecule has 5 nitrogen and oxygen atoms in total. The van der Waals surface area contributed by atoms with E-state index in [2.05, 4.69) is 20.8 Å². The van der Waals surface area contributed by atoms with E-state index in [1.165, 1.54) is 5.57 Å². The predicted molar refractivity (Wildman–Crippen MR) is 111 cm³/mol. The van der Waals surface area contributed by atoms with Gasteiger partial charge in [-0.1, -0.05) is 26.3 Å². The molecule has 3 fully saturated rings. The fraction of sp³-hybridized carbons (Fsp3) is 0.826. The minimum absolute atomic E-state index is 0.0673. The van der Waals surface area contributed by atoms with Gasteiger partial charge in [0.15, 0.2) is 5.78 Å². The van der Waals surface area contributed by atoms with Gasteiger partial charge in [-0.05, 0) is 80.1 Å². The highest BCUT2D eigenvalue weighted by Gasteiger charge is 2.67. The first-order chi connectivity index (χ1) is 13.3. The summed E-state index contributed by atoms with van der Waals surface area (Å²) in [5.41, 5.74) is 0.259. The van der Waals surface area contributed by atoms with E-state index in [4.69, 9.17) is 4.18 Å². The summed E-state index contributed by atoms with van der Waals surface area (Å²) in [6.45, 7) is 8.16. The van der Waals surface area contributed by atoms with E-state index in [1.807, 2.05) is 6.08 Å². The van der Waals surface area contributed by atoms with E-state index in [9.17, 15) is 18.0 Å². The molecule has 0 aromatic heterocycles. The van der Waals surface area contributed by atoms with Crippen LogP contribution < -0.4 is 0 Å². The average molecular weight is 423 g/mol. The topological polar surface area (TPSA) is 77.5 Å². The molecule has 0 aliphatic heterocycles. The molecule has 0 bridgehead atoms. The molecule has 4 aliphatic rings. The molecule has 3 saturated carbocycles. The first kappa shape index (κ1) is 21.2. The summed E-state index contributed by atoms with van der Waals surface area (Å²) in [5.74, 6) is 1.15. The van der Waals surface area contributed by atoms with Gasteiger partial charge in [0, 0.05) is 11.8 Å². The molecule has 1 unspecified atom stereocenters. The number of carbonyl (C=O) groups is 2. The van der Waals surface area contributed by atoms with Crippen LogP contribution in [-0.2, 0) is 23.9 Å². The molecule has 6 heteroatoms. The monoisotopic (exact) mass is 422 g/mol. The zero-order chi connectivity index (χ0) is 21.4. The van der Waals surface area contributed by atoms with Crippen molar-refractivity contribution in [1.29, 1.82) is 0 Å². The fourth-order valence-corrected chi connectivity index (χ4v) is 8.42. The zero-order valence-corrected chi connectivity index (χ0v) is 19.1. The van der Waals surface area contributed by atoms with Gasteiger partial charge in [-0.2, -0.15) is 8.42 Å². The Bertz CT molecular complexity index is 889. The van der Waals surface area contributed by atoms with Gasteiger partial charge in [0.25, 0.3) is 10.1 Å². The lowest BCUT2D eigenvalue weighted by atomic mass is 9.44. The van der Waals surface area contributed by atoms with Gasteiger partial charge < -0.3 is 0 Å². The van der Waals surface area contributed by atoms with E-state index in [-0.39, 0.29) is 28.3 Å². The highest BCUT2D eigenvalue weighted by atomic mass is 32.2. The molecule has 0 spiro atoms. The number of rotatable bonds is 3. The van der Waals surface area contributed by atoms with Gasteiger partial charge in [0.05, 0.1) is 12.4 Å². The third-order valence-electron chi connectivity index (χ3n) is 9.56. The predicted octanol–water partition coefficient (Wildman–Crippen LogP) is 4.07. The maximum Gasteiger partial charge on any atom is 0.264 e. The normalized spacial score (nSPS) is 47.1. The summed E-state index contributed by atoms with van der Waals surface area (Å²) >= 11 is 0. The second-order valence-electron chi connectivity index (χ2n) is 10.8. The fourth-order valence-electron chi connectivity index (χ4n) is 7.79. The van der Waals surface area contributed by atoms with Crippen molar-refractivity contribution in [2.45, 2.75) is 78.7 Å². The van der Waals surface area contributed by atoms with Gasteiger partial charge in [-0.15, -0.1) is 0 Å². The minimum Gasteiger partial charge on any atom is -0.299 e. The lowest BCUT2D eigenvalue weighted by molar-refractivity contribution is -0.152. The Balaban J connectivity index is 1.83. The zero-order valence-electron chi connectivity index (χ0n) is 18.3. The second kappa shape index (κ2) is 6.49. The van der Waals surface area contributed by atoms with Crippen LogP contribution in [0.25, 0.3) is 0 Å². The van der Waals surface area contributed by atoms with Crippen molar-refractivity contribution in [2.75, 3.05) is 6.26 Å². The van der Waals surface area contributed by atoms with Crippen molar-refractivity contribution in [1.82, 2.24) is 0 Å². The molecule has 162 valence electrons. The van der Waals surface area contributed by atoms with Crippen LogP contribution in [0.5, 0.6) is 0 Å². The summed E-state index contributed by atoms with van der Waals surface area (Å²) in [6, 6.07) is 0. The molecular weight excluding hydrogens is 388 g/mol. The largest absolute Gasteiger partial charge is 0.299 e. The van der Waals surface area contributed by atoms with Gasteiger partial charge in [0.2, 0.25) is 0 Å². The van der Waals surface area contributed by atoms with Crippen LogP contribution in [0.4, 0.5) is 0 Å². The molecule has 0 amide bonds. The van der Waals surface area contributed by atoms with Crippen molar-refractivity contribution < 1.29 is 22.2 Å². The summed E-state index contributed by atoms with van der Waals surface area (Å²) < 4.78 is 30.2. The Morgan fingerprint density at radius 3 is 2.45 bits per heavy atom. The number of ketones is 2. The van der Waals surface area contributed by atoms with E-state index in [1.54, 1.807) is 6.92 Å². The van der Waals surface area contributed by atoms with E-state index in [0.29, 0.717) is 24.7 Å². The number of allylic oxidation sites excluding steroid dienone is 1. The maximum atomic E-state index is 12.7. The number of carbonyl (C=O) groups excluding carboxylic acids is 2. The van der Waals surface area contributed by atoms with Crippen LogP contribution in [0.3, 0.4) is 0 Å². The quantitative estimate of drug-likeness (QED) is 0.641. The lowest BCUT2D eigenvalue weighted by Crippen LogP contribution is -2.59. The minimum atomic E-state index is -3.63. The molecular formula is C23H34O5S. The number of hydrogen-bond acceptors (Lipinski definition) is 5.